The van der Waals surface area contributed by atoms with E-state index in [1.54, 1.807) is 19.1 Å². The van der Waals surface area contributed by atoms with Gasteiger partial charge in [0.1, 0.15) is 11.6 Å². The van der Waals surface area contributed by atoms with E-state index < -0.39 is 29.3 Å². The quantitative estimate of drug-likeness (QED) is 0.329. The highest BCUT2D eigenvalue weighted by Gasteiger charge is 2.46. The predicted molar refractivity (Wildman–Crippen MR) is 120 cm³/mol. The first-order chi connectivity index (χ1) is 15.9. The zero-order chi connectivity index (χ0) is 23.5. The Morgan fingerprint density at radius 3 is 2.39 bits per heavy atom. The standard InChI is InChI=1S/C26H22FNO5/c1-2-33-21-14-18(10-13-20(21)29)23-22(24(30)17-8-11-19(27)12-9-17)25(31)26(32)28(23)15-16-6-4-3-5-7-16/h3-14,23,29-30H,2,15H2,1H3/b24-22+. The van der Waals surface area contributed by atoms with Gasteiger partial charge in [-0.1, -0.05) is 36.4 Å². The van der Waals surface area contributed by atoms with E-state index in [4.69, 9.17) is 4.74 Å². The van der Waals surface area contributed by atoms with Gasteiger partial charge in [-0.3, -0.25) is 9.59 Å². The van der Waals surface area contributed by atoms with Crippen LogP contribution < -0.4 is 4.74 Å². The number of likely N-dealkylation sites (tertiary alicyclic amines) is 1. The van der Waals surface area contributed by atoms with Crippen molar-refractivity contribution in [3.05, 3.63) is 101 Å². The number of aliphatic hydroxyl groups is 1. The Balaban J connectivity index is 1.88. The van der Waals surface area contributed by atoms with Crippen LogP contribution in [0.5, 0.6) is 11.5 Å². The van der Waals surface area contributed by atoms with Crippen LogP contribution in [0.1, 0.15) is 29.7 Å². The highest BCUT2D eigenvalue weighted by atomic mass is 19.1. The molecule has 1 heterocycles. The number of carbonyl (C=O) groups is 2. The number of Topliss-reactive ketones (excluding diaryl/α,β-unsaturated/α-hetero) is 1. The summed E-state index contributed by atoms with van der Waals surface area (Å²) >= 11 is 0. The molecule has 1 aliphatic rings. The highest BCUT2D eigenvalue weighted by Crippen LogP contribution is 2.42. The molecule has 0 bridgehead atoms. The maximum Gasteiger partial charge on any atom is 0.295 e. The van der Waals surface area contributed by atoms with Gasteiger partial charge in [-0.2, -0.15) is 0 Å². The van der Waals surface area contributed by atoms with Crippen LogP contribution in [0, 0.1) is 5.82 Å². The Kier molecular flexibility index (Phi) is 6.13. The van der Waals surface area contributed by atoms with Crippen LogP contribution in [-0.4, -0.2) is 33.4 Å². The van der Waals surface area contributed by atoms with Gasteiger partial charge in [0.15, 0.2) is 11.5 Å². The Hall–Kier alpha value is -4.13. The number of hydrogen-bond donors (Lipinski definition) is 2. The minimum atomic E-state index is -0.935. The molecule has 3 aromatic rings. The number of hydrogen-bond acceptors (Lipinski definition) is 5. The van der Waals surface area contributed by atoms with Crippen molar-refractivity contribution in [2.45, 2.75) is 19.5 Å². The molecule has 0 saturated carbocycles. The number of amides is 1. The van der Waals surface area contributed by atoms with Crippen LogP contribution in [0.2, 0.25) is 0 Å². The summed E-state index contributed by atoms with van der Waals surface area (Å²) in [5.41, 5.74) is 1.38. The molecule has 7 heteroatoms. The van der Waals surface area contributed by atoms with Crippen LogP contribution in [0.3, 0.4) is 0 Å². The number of aromatic hydroxyl groups is 1. The van der Waals surface area contributed by atoms with Crippen LogP contribution >= 0.6 is 0 Å². The molecule has 3 aromatic carbocycles. The van der Waals surface area contributed by atoms with Gasteiger partial charge >= 0.3 is 0 Å². The van der Waals surface area contributed by atoms with Gasteiger partial charge in [0, 0.05) is 12.1 Å². The molecule has 6 nitrogen and oxygen atoms in total. The van der Waals surface area contributed by atoms with Crippen molar-refractivity contribution in [3.63, 3.8) is 0 Å². The van der Waals surface area contributed by atoms with Gasteiger partial charge in [-0.25, -0.2) is 4.39 Å². The molecule has 33 heavy (non-hydrogen) atoms. The fourth-order valence-electron chi connectivity index (χ4n) is 3.90. The monoisotopic (exact) mass is 447 g/mol. The molecule has 0 aromatic heterocycles. The number of carbonyl (C=O) groups excluding carboxylic acids is 2. The summed E-state index contributed by atoms with van der Waals surface area (Å²) in [6.45, 7) is 2.19. The summed E-state index contributed by atoms with van der Waals surface area (Å²) < 4.78 is 18.9. The number of rotatable bonds is 6. The molecule has 0 spiro atoms. The molecule has 1 fully saturated rings. The topological polar surface area (TPSA) is 87.1 Å². The van der Waals surface area contributed by atoms with Crippen LogP contribution in [0.15, 0.2) is 78.4 Å². The number of ether oxygens (including phenoxy) is 1. The molecule has 168 valence electrons. The number of phenolic OH excluding ortho intramolecular Hbond substituents is 1. The van der Waals surface area contributed by atoms with E-state index in [1.165, 1.54) is 23.1 Å². The second kappa shape index (κ2) is 9.16. The summed E-state index contributed by atoms with van der Waals surface area (Å²) in [6, 6.07) is 17.8. The van der Waals surface area contributed by atoms with Crippen molar-refractivity contribution in [1.29, 1.82) is 0 Å². The van der Waals surface area contributed by atoms with E-state index in [0.29, 0.717) is 12.2 Å². The second-order valence-electron chi connectivity index (χ2n) is 7.58. The van der Waals surface area contributed by atoms with Gasteiger partial charge in [-0.15, -0.1) is 0 Å². The van der Waals surface area contributed by atoms with E-state index in [1.807, 2.05) is 30.3 Å². The van der Waals surface area contributed by atoms with E-state index in [0.717, 1.165) is 17.7 Å². The lowest BCUT2D eigenvalue weighted by Gasteiger charge is -2.26. The maximum absolute atomic E-state index is 13.4. The molecule has 1 unspecified atom stereocenters. The van der Waals surface area contributed by atoms with Gasteiger partial charge in [0.25, 0.3) is 11.7 Å². The van der Waals surface area contributed by atoms with E-state index in [2.05, 4.69) is 0 Å². The SMILES string of the molecule is CCOc1cc(C2/C(=C(\O)c3ccc(F)cc3)C(=O)C(=O)N2Cc2ccccc2)ccc1O. The van der Waals surface area contributed by atoms with Gasteiger partial charge in [-0.05, 0) is 54.4 Å². The van der Waals surface area contributed by atoms with Crippen molar-refractivity contribution < 1.29 is 28.9 Å². The average molecular weight is 447 g/mol. The van der Waals surface area contributed by atoms with Crippen LogP contribution in [0.25, 0.3) is 5.76 Å². The number of benzene rings is 3. The number of nitrogens with zero attached hydrogens (tertiary/aromatic N) is 1. The number of phenols is 1. The predicted octanol–water partition coefficient (Wildman–Crippen LogP) is 4.55. The van der Waals surface area contributed by atoms with Crippen molar-refractivity contribution in [1.82, 2.24) is 4.90 Å². The van der Waals surface area contributed by atoms with Crippen molar-refractivity contribution >= 4 is 17.4 Å². The lowest BCUT2D eigenvalue weighted by Crippen LogP contribution is -2.29. The molecular formula is C26H22FNO5. The summed E-state index contributed by atoms with van der Waals surface area (Å²) in [5.74, 6) is -2.39. The van der Waals surface area contributed by atoms with Crippen molar-refractivity contribution in [3.8, 4) is 11.5 Å². The molecular weight excluding hydrogens is 425 g/mol. The highest BCUT2D eigenvalue weighted by molar-refractivity contribution is 6.46. The molecule has 1 atom stereocenters. The Labute approximate surface area is 190 Å². The van der Waals surface area contributed by atoms with Crippen LogP contribution in [-0.2, 0) is 16.1 Å². The third-order valence-electron chi connectivity index (χ3n) is 5.45. The van der Waals surface area contributed by atoms with E-state index >= 15 is 0 Å². The number of aliphatic hydroxyl groups excluding tert-OH is 1. The fourth-order valence-corrected chi connectivity index (χ4v) is 3.90. The zero-order valence-electron chi connectivity index (χ0n) is 17.9. The third-order valence-corrected chi connectivity index (χ3v) is 5.45. The summed E-state index contributed by atoms with van der Waals surface area (Å²) in [4.78, 5) is 27.5. The Morgan fingerprint density at radius 1 is 1.03 bits per heavy atom. The summed E-state index contributed by atoms with van der Waals surface area (Å²) in [6.07, 6.45) is 0. The third kappa shape index (κ3) is 4.30. The van der Waals surface area contributed by atoms with Crippen molar-refractivity contribution in [2.75, 3.05) is 6.61 Å². The first-order valence-electron chi connectivity index (χ1n) is 10.4. The molecule has 1 aliphatic heterocycles. The second-order valence-corrected chi connectivity index (χ2v) is 7.58. The fraction of sp³-hybridized carbons (Fsp3) is 0.154. The first kappa shape index (κ1) is 22.1. The summed E-state index contributed by atoms with van der Waals surface area (Å²) in [5, 5.41) is 21.1. The number of ketones is 1. The molecule has 1 saturated heterocycles. The van der Waals surface area contributed by atoms with E-state index in [-0.39, 0.29) is 29.2 Å². The largest absolute Gasteiger partial charge is 0.507 e. The normalized spacial score (nSPS) is 17.4. The lowest BCUT2D eigenvalue weighted by molar-refractivity contribution is -0.140. The average Bonchev–Trinajstić information content (AvgIpc) is 3.06. The minimum Gasteiger partial charge on any atom is -0.507 e. The van der Waals surface area contributed by atoms with Gasteiger partial charge < -0.3 is 19.8 Å². The molecule has 0 aliphatic carbocycles. The smallest absolute Gasteiger partial charge is 0.295 e. The Bertz CT molecular complexity index is 1220. The van der Waals surface area contributed by atoms with Crippen molar-refractivity contribution in [2.24, 2.45) is 0 Å². The van der Waals surface area contributed by atoms with Crippen LogP contribution in [0.4, 0.5) is 4.39 Å². The number of halogens is 1. The van der Waals surface area contributed by atoms with Gasteiger partial charge in [0.2, 0.25) is 0 Å². The van der Waals surface area contributed by atoms with E-state index in [9.17, 15) is 24.2 Å². The zero-order valence-corrected chi connectivity index (χ0v) is 17.9. The minimum absolute atomic E-state index is 0.0841. The molecule has 2 N–H and O–H groups in total. The lowest BCUT2D eigenvalue weighted by atomic mass is 9.94. The summed E-state index contributed by atoms with van der Waals surface area (Å²) in [7, 11) is 0. The van der Waals surface area contributed by atoms with Gasteiger partial charge in [0.05, 0.1) is 18.2 Å². The molecule has 4 rings (SSSR count). The molecule has 0 radical (unpaired) electrons. The maximum atomic E-state index is 13.4. The Morgan fingerprint density at radius 2 is 1.73 bits per heavy atom. The molecule has 1 amide bonds. The first-order valence-corrected chi connectivity index (χ1v) is 10.4.